The molecule has 5 nitrogen and oxygen atoms in total. The van der Waals surface area contributed by atoms with Crippen molar-refractivity contribution in [3.63, 3.8) is 0 Å². The van der Waals surface area contributed by atoms with Crippen molar-refractivity contribution < 1.29 is 9.59 Å². The molecule has 1 saturated heterocycles. The molecule has 2 amide bonds. The Kier molecular flexibility index (Phi) is 6.44. The van der Waals surface area contributed by atoms with Gasteiger partial charge in [-0.15, -0.1) is 0 Å². The van der Waals surface area contributed by atoms with Crippen LogP contribution < -0.4 is 10.2 Å². The van der Waals surface area contributed by atoms with E-state index in [2.05, 4.69) is 17.1 Å². The van der Waals surface area contributed by atoms with Gasteiger partial charge in [-0.25, -0.2) is 0 Å². The molecule has 2 rings (SSSR count). The van der Waals surface area contributed by atoms with Gasteiger partial charge in [0.1, 0.15) is 0 Å². The molecule has 1 fully saturated rings. The molecule has 0 unspecified atom stereocenters. The molecule has 126 valence electrons. The van der Waals surface area contributed by atoms with E-state index in [1.165, 1.54) is 0 Å². The Morgan fingerprint density at radius 2 is 1.70 bits per heavy atom. The number of anilines is 2. The fourth-order valence-electron chi connectivity index (χ4n) is 2.79. The zero-order valence-electron chi connectivity index (χ0n) is 14.2. The summed E-state index contributed by atoms with van der Waals surface area (Å²) in [6.07, 6.45) is 3.75. The van der Waals surface area contributed by atoms with Crippen LogP contribution in [0, 0.1) is 0 Å². The summed E-state index contributed by atoms with van der Waals surface area (Å²) >= 11 is 0. The fourth-order valence-corrected chi connectivity index (χ4v) is 2.79. The van der Waals surface area contributed by atoms with Gasteiger partial charge in [-0.3, -0.25) is 9.59 Å². The van der Waals surface area contributed by atoms with Crippen LogP contribution in [0.3, 0.4) is 0 Å². The van der Waals surface area contributed by atoms with E-state index in [0.717, 1.165) is 56.8 Å². The van der Waals surface area contributed by atoms with Crippen LogP contribution in [0.25, 0.3) is 0 Å². The van der Waals surface area contributed by atoms with Crippen molar-refractivity contribution in [1.29, 1.82) is 0 Å². The second-order valence-electron chi connectivity index (χ2n) is 6.05. The van der Waals surface area contributed by atoms with Gasteiger partial charge in [0.05, 0.1) is 0 Å². The third-order valence-electron chi connectivity index (χ3n) is 4.25. The summed E-state index contributed by atoms with van der Waals surface area (Å²) < 4.78 is 0. The summed E-state index contributed by atoms with van der Waals surface area (Å²) in [5.41, 5.74) is 1.98. The number of nitrogens with one attached hydrogen (secondary N) is 1. The molecular weight excluding hydrogens is 290 g/mol. The quantitative estimate of drug-likeness (QED) is 0.821. The molecule has 1 N–H and O–H groups in total. The largest absolute Gasteiger partial charge is 0.368 e. The van der Waals surface area contributed by atoms with E-state index in [1.807, 2.05) is 29.2 Å². The van der Waals surface area contributed by atoms with Crippen molar-refractivity contribution in [3.8, 4) is 0 Å². The molecule has 0 saturated carbocycles. The zero-order chi connectivity index (χ0) is 16.7. The van der Waals surface area contributed by atoms with Gasteiger partial charge in [0, 0.05) is 50.9 Å². The van der Waals surface area contributed by atoms with Gasteiger partial charge in [-0.1, -0.05) is 19.8 Å². The lowest BCUT2D eigenvalue weighted by molar-refractivity contribution is -0.129. The molecule has 1 aliphatic rings. The highest BCUT2D eigenvalue weighted by molar-refractivity contribution is 5.90. The lowest BCUT2D eigenvalue weighted by Gasteiger charge is -2.35. The average molecular weight is 317 g/mol. The maximum atomic E-state index is 11.8. The molecule has 0 aromatic heterocycles. The zero-order valence-corrected chi connectivity index (χ0v) is 14.2. The number of nitrogens with zero attached hydrogens (tertiary/aromatic N) is 2. The van der Waals surface area contributed by atoms with Gasteiger partial charge < -0.3 is 15.1 Å². The first-order valence-corrected chi connectivity index (χ1v) is 8.50. The normalized spacial score (nSPS) is 14.7. The van der Waals surface area contributed by atoms with E-state index in [4.69, 9.17) is 0 Å². The first-order valence-electron chi connectivity index (χ1n) is 8.50. The second kappa shape index (κ2) is 8.56. The number of rotatable bonds is 6. The maximum Gasteiger partial charge on any atom is 0.224 e. The van der Waals surface area contributed by atoms with Crippen molar-refractivity contribution in [1.82, 2.24) is 4.90 Å². The summed E-state index contributed by atoms with van der Waals surface area (Å²) in [7, 11) is 0. The van der Waals surface area contributed by atoms with E-state index >= 15 is 0 Å². The van der Waals surface area contributed by atoms with E-state index in [1.54, 1.807) is 6.92 Å². The predicted molar refractivity (Wildman–Crippen MR) is 93.7 cm³/mol. The third-order valence-corrected chi connectivity index (χ3v) is 4.25. The van der Waals surface area contributed by atoms with E-state index < -0.39 is 0 Å². The molecule has 0 atom stereocenters. The van der Waals surface area contributed by atoms with Crippen LogP contribution in [0.1, 0.15) is 39.5 Å². The van der Waals surface area contributed by atoms with Crippen molar-refractivity contribution in [3.05, 3.63) is 24.3 Å². The van der Waals surface area contributed by atoms with Gasteiger partial charge in [0.2, 0.25) is 11.8 Å². The second-order valence-corrected chi connectivity index (χ2v) is 6.05. The molecule has 1 aromatic rings. The van der Waals surface area contributed by atoms with Crippen molar-refractivity contribution in [2.45, 2.75) is 39.5 Å². The standard InChI is InChI=1S/C18H27N3O2/c1-3-4-5-6-18(23)19-16-7-9-17(10-8-16)21-13-11-20(12-14-21)15(2)22/h7-10H,3-6,11-14H2,1-2H3,(H,19,23). The minimum Gasteiger partial charge on any atom is -0.368 e. The summed E-state index contributed by atoms with van der Waals surface area (Å²) in [6.45, 7) is 6.99. The molecule has 0 radical (unpaired) electrons. The van der Waals surface area contributed by atoms with Crippen LogP contribution in [-0.4, -0.2) is 42.9 Å². The van der Waals surface area contributed by atoms with Gasteiger partial charge in [-0.2, -0.15) is 0 Å². The van der Waals surface area contributed by atoms with Crippen LogP contribution in [-0.2, 0) is 9.59 Å². The Morgan fingerprint density at radius 3 is 2.26 bits per heavy atom. The molecule has 1 aromatic carbocycles. The Labute approximate surface area is 138 Å². The lowest BCUT2D eigenvalue weighted by atomic mass is 10.2. The number of piperazine rings is 1. The molecular formula is C18H27N3O2. The number of hydrogen-bond donors (Lipinski definition) is 1. The number of unbranched alkanes of at least 4 members (excludes halogenated alkanes) is 2. The molecule has 23 heavy (non-hydrogen) atoms. The summed E-state index contributed by atoms with van der Waals surface area (Å²) in [6, 6.07) is 7.96. The van der Waals surface area contributed by atoms with Gasteiger partial charge in [0.25, 0.3) is 0 Å². The molecule has 1 aliphatic heterocycles. The summed E-state index contributed by atoms with van der Waals surface area (Å²) in [5.74, 6) is 0.229. The molecule has 1 heterocycles. The van der Waals surface area contributed by atoms with E-state index in [-0.39, 0.29) is 11.8 Å². The summed E-state index contributed by atoms with van der Waals surface area (Å²) in [5, 5.41) is 2.94. The molecule has 5 heteroatoms. The highest BCUT2D eigenvalue weighted by Crippen LogP contribution is 2.20. The first kappa shape index (κ1) is 17.3. The smallest absolute Gasteiger partial charge is 0.224 e. The molecule has 0 spiro atoms. The number of amides is 2. The Morgan fingerprint density at radius 1 is 1.04 bits per heavy atom. The van der Waals surface area contributed by atoms with Crippen LogP contribution >= 0.6 is 0 Å². The van der Waals surface area contributed by atoms with E-state index in [9.17, 15) is 9.59 Å². The maximum absolute atomic E-state index is 11.8. The minimum absolute atomic E-state index is 0.0845. The number of hydrogen-bond acceptors (Lipinski definition) is 3. The highest BCUT2D eigenvalue weighted by atomic mass is 16.2. The highest BCUT2D eigenvalue weighted by Gasteiger charge is 2.18. The van der Waals surface area contributed by atoms with Crippen molar-refractivity contribution in [2.75, 3.05) is 36.4 Å². The third kappa shape index (κ3) is 5.27. The minimum atomic E-state index is 0.0845. The van der Waals surface area contributed by atoms with Crippen LogP contribution in [0.2, 0.25) is 0 Å². The molecule has 0 aliphatic carbocycles. The molecule has 0 bridgehead atoms. The van der Waals surface area contributed by atoms with E-state index in [0.29, 0.717) is 6.42 Å². The topological polar surface area (TPSA) is 52.7 Å². The predicted octanol–water partition coefficient (Wildman–Crippen LogP) is 2.87. The lowest BCUT2D eigenvalue weighted by Crippen LogP contribution is -2.48. The number of benzene rings is 1. The van der Waals surface area contributed by atoms with Gasteiger partial charge in [0.15, 0.2) is 0 Å². The van der Waals surface area contributed by atoms with Crippen molar-refractivity contribution in [2.24, 2.45) is 0 Å². The van der Waals surface area contributed by atoms with Gasteiger partial charge >= 0.3 is 0 Å². The SMILES string of the molecule is CCCCCC(=O)Nc1ccc(N2CCN(C(C)=O)CC2)cc1. The monoisotopic (exact) mass is 317 g/mol. The van der Waals surface area contributed by atoms with Crippen molar-refractivity contribution >= 4 is 23.2 Å². The Balaban J connectivity index is 1.83. The first-order chi connectivity index (χ1) is 11.1. The fraction of sp³-hybridized carbons (Fsp3) is 0.556. The number of carbonyl (C=O) groups is 2. The van der Waals surface area contributed by atoms with Crippen LogP contribution in [0.4, 0.5) is 11.4 Å². The van der Waals surface area contributed by atoms with Gasteiger partial charge in [-0.05, 0) is 30.7 Å². The Bertz CT molecular complexity index is 520. The summed E-state index contributed by atoms with van der Waals surface area (Å²) in [4.78, 5) is 27.3. The van der Waals surface area contributed by atoms with Crippen LogP contribution in [0.5, 0.6) is 0 Å². The Hall–Kier alpha value is -2.04. The number of carbonyl (C=O) groups excluding carboxylic acids is 2. The van der Waals surface area contributed by atoms with Crippen LogP contribution in [0.15, 0.2) is 24.3 Å². The average Bonchev–Trinajstić information content (AvgIpc) is 2.56.